The number of carboxylic acid groups (broad SMARTS) is 1. The zero-order valence-electron chi connectivity index (χ0n) is 9.79. The molecular weight excluding hydrogens is 287 g/mol. The Morgan fingerprint density at radius 2 is 2.10 bits per heavy atom. The van der Waals surface area contributed by atoms with Crippen LogP contribution in [0.1, 0.15) is 10.4 Å². The van der Waals surface area contributed by atoms with Gasteiger partial charge < -0.3 is 5.11 Å². The van der Waals surface area contributed by atoms with E-state index in [-0.39, 0.29) is 22.1 Å². The highest BCUT2D eigenvalue weighted by Crippen LogP contribution is 2.23. The fourth-order valence-corrected chi connectivity index (χ4v) is 2.05. The molecule has 0 atom stereocenters. The van der Waals surface area contributed by atoms with Crippen LogP contribution in [-0.2, 0) is 0 Å². The molecule has 3 rings (SSSR count). The van der Waals surface area contributed by atoms with E-state index in [9.17, 15) is 9.18 Å². The minimum atomic E-state index is -1.13. The van der Waals surface area contributed by atoms with Crippen molar-refractivity contribution in [2.75, 3.05) is 0 Å². The normalized spacial score (nSPS) is 10.9. The topological polar surface area (TPSA) is 80.4 Å². The molecule has 20 heavy (non-hydrogen) atoms. The van der Waals surface area contributed by atoms with E-state index < -0.39 is 11.8 Å². The van der Waals surface area contributed by atoms with Gasteiger partial charge in [-0.15, -0.1) is 10.2 Å². The van der Waals surface area contributed by atoms with E-state index in [1.807, 2.05) is 0 Å². The van der Waals surface area contributed by atoms with Gasteiger partial charge in [0.25, 0.3) is 0 Å². The molecule has 0 bridgehead atoms. The lowest BCUT2D eigenvalue weighted by Crippen LogP contribution is -2.00. The molecule has 100 valence electrons. The van der Waals surface area contributed by atoms with Gasteiger partial charge in [-0.05, 0) is 12.1 Å². The van der Waals surface area contributed by atoms with Gasteiger partial charge in [-0.3, -0.25) is 9.38 Å². The Morgan fingerprint density at radius 3 is 2.80 bits per heavy atom. The number of fused-ring (bicyclic) bond motifs is 1. The van der Waals surface area contributed by atoms with Crippen LogP contribution in [0.25, 0.3) is 17.0 Å². The van der Waals surface area contributed by atoms with Crippen molar-refractivity contribution >= 4 is 23.2 Å². The number of hydrogen-bond donors (Lipinski definition) is 1. The molecule has 6 nitrogen and oxygen atoms in total. The first kappa shape index (κ1) is 12.5. The van der Waals surface area contributed by atoms with E-state index in [0.717, 1.165) is 6.20 Å². The molecule has 1 N–H and O–H groups in total. The zero-order chi connectivity index (χ0) is 14.3. The molecule has 3 aromatic rings. The number of aromatic nitrogens is 4. The number of nitrogens with zero attached hydrogens (tertiary/aromatic N) is 4. The summed E-state index contributed by atoms with van der Waals surface area (Å²) in [6, 6.07) is 2.51. The van der Waals surface area contributed by atoms with Crippen LogP contribution in [0.15, 0.2) is 30.7 Å². The maximum atomic E-state index is 13.2. The lowest BCUT2D eigenvalue weighted by molar-refractivity contribution is 0.0696. The first-order chi connectivity index (χ1) is 9.56. The molecule has 0 aliphatic carbocycles. The lowest BCUT2D eigenvalue weighted by Gasteiger charge is -2.02. The van der Waals surface area contributed by atoms with E-state index in [1.54, 1.807) is 0 Å². The van der Waals surface area contributed by atoms with Crippen molar-refractivity contribution in [2.45, 2.75) is 0 Å². The second-order valence-corrected chi connectivity index (χ2v) is 4.40. The largest absolute Gasteiger partial charge is 0.478 e. The highest BCUT2D eigenvalue weighted by atomic mass is 35.5. The quantitative estimate of drug-likeness (QED) is 0.784. The molecule has 0 aliphatic rings. The number of carbonyl (C=O) groups is 1. The van der Waals surface area contributed by atoms with Gasteiger partial charge >= 0.3 is 5.97 Å². The Bertz CT molecular complexity index is 833. The molecule has 0 spiro atoms. The first-order valence-corrected chi connectivity index (χ1v) is 5.82. The fraction of sp³-hybridized carbons (Fsp3) is 0. The Balaban J connectivity index is 2.29. The van der Waals surface area contributed by atoms with Crippen LogP contribution in [0.2, 0.25) is 5.02 Å². The monoisotopic (exact) mass is 292 g/mol. The van der Waals surface area contributed by atoms with Gasteiger partial charge in [-0.1, -0.05) is 11.6 Å². The molecule has 8 heteroatoms. The Hall–Kier alpha value is -2.54. The van der Waals surface area contributed by atoms with Crippen molar-refractivity contribution in [3.63, 3.8) is 0 Å². The van der Waals surface area contributed by atoms with Gasteiger partial charge in [0.05, 0.1) is 16.8 Å². The lowest BCUT2D eigenvalue weighted by atomic mass is 10.2. The summed E-state index contributed by atoms with van der Waals surface area (Å²) in [4.78, 5) is 14.8. The van der Waals surface area contributed by atoms with Gasteiger partial charge in [0.1, 0.15) is 5.82 Å². The van der Waals surface area contributed by atoms with Gasteiger partial charge in [0.15, 0.2) is 11.5 Å². The van der Waals surface area contributed by atoms with Crippen molar-refractivity contribution in [2.24, 2.45) is 0 Å². The second-order valence-electron chi connectivity index (χ2n) is 3.99. The van der Waals surface area contributed by atoms with Gasteiger partial charge in [-0.2, -0.15) is 0 Å². The third-order valence-electron chi connectivity index (χ3n) is 2.67. The maximum Gasteiger partial charge on any atom is 0.337 e. The van der Waals surface area contributed by atoms with Crippen LogP contribution in [0.5, 0.6) is 0 Å². The predicted octanol–water partition coefficient (Wildman–Crippen LogP) is 2.28. The molecule has 0 saturated heterocycles. The molecule has 3 aromatic heterocycles. The minimum absolute atomic E-state index is 0.0205. The van der Waals surface area contributed by atoms with Gasteiger partial charge in [-0.25, -0.2) is 9.18 Å². The van der Waals surface area contributed by atoms with Crippen molar-refractivity contribution in [3.8, 4) is 11.4 Å². The molecule has 0 aromatic carbocycles. The first-order valence-electron chi connectivity index (χ1n) is 5.45. The van der Waals surface area contributed by atoms with E-state index in [2.05, 4.69) is 15.2 Å². The van der Waals surface area contributed by atoms with Crippen molar-refractivity contribution in [3.05, 3.63) is 47.1 Å². The summed E-state index contributed by atoms with van der Waals surface area (Å²) in [5, 5.41) is 16.9. The third-order valence-corrected chi connectivity index (χ3v) is 2.95. The zero-order valence-corrected chi connectivity index (χ0v) is 10.5. The van der Waals surface area contributed by atoms with Crippen molar-refractivity contribution in [1.82, 2.24) is 19.6 Å². The number of pyridine rings is 2. The Labute approximate surface area is 116 Å². The smallest absolute Gasteiger partial charge is 0.337 e. The average molecular weight is 293 g/mol. The average Bonchev–Trinajstić information content (AvgIpc) is 2.83. The van der Waals surface area contributed by atoms with Crippen LogP contribution in [0.3, 0.4) is 0 Å². The van der Waals surface area contributed by atoms with E-state index in [1.165, 1.54) is 28.9 Å². The second kappa shape index (κ2) is 4.53. The molecule has 0 radical (unpaired) electrons. The third kappa shape index (κ3) is 1.97. The summed E-state index contributed by atoms with van der Waals surface area (Å²) in [7, 11) is 0. The Morgan fingerprint density at radius 1 is 1.30 bits per heavy atom. The number of halogens is 2. The summed E-state index contributed by atoms with van der Waals surface area (Å²) >= 11 is 5.96. The van der Waals surface area contributed by atoms with Crippen LogP contribution in [-0.4, -0.2) is 30.7 Å². The highest BCUT2D eigenvalue weighted by molar-refractivity contribution is 6.33. The summed E-state index contributed by atoms with van der Waals surface area (Å²) in [6.07, 6.45) is 3.78. The number of hydrogen-bond acceptors (Lipinski definition) is 4. The van der Waals surface area contributed by atoms with E-state index in [0.29, 0.717) is 5.56 Å². The standard InChI is InChI=1S/C12H6ClFN4O2/c13-9-2-7(12(19)20)5-18-10(16-17-11(9)18)6-1-8(14)4-15-3-6/h1-5H,(H,19,20). The Kier molecular flexibility index (Phi) is 2.83. The van der Waals surface area contributed by atoms with Crippen LogP contribution >= 0.6 is 11.6 Å². The van der Waals surface area contributed by atoms with E-state index >= 15 is 0 Å². The van der Waals surface area contributed by atoms with Gasteiger partial charge in [0, 0.05) is 18.0 Å². The van der Waals surface area contributed by atoms with Crippen LogP contribution in [0, 0.1) is 5.82 Å². The molecular formula is C12H6ClFN4O2. The molecule has 0 unspecified atom stereocenters. The highest BCUT2D eigenvalue weighted by Gasteiger charge is 2.15. The van der Waals surface area contributed by atoms with E-state index in [4.69, 9.17) is 16.7 Å². The summed E-state index contributed by atoms with van der Waals surface area (Å²) in [5.41, 5.74) is 0.639. The number of rotatable bonds is 2. The molecule has 0 fully saturated rings. The molecule has 0 aliphatic heterocycles. The van der Waals surface area contributed by atoms with Crippen molar-refractivity contribution in [1.29, 1.82) is 0 Å². The molecule has 0 amide bonds. The number of carboxylic acids is 1. The predicted molar refractivity (Wildman–Crippen MR) is 68.1 cm³/mol. The fourth-order valence-electron chi connectivity index (χ4n) is 1.80. The summed E-state index contributed by atoms with van der Waals surface area (Å²) in [5.74, 6) is -1.40. The number of aromatic carboxylic acids is 1. The summed E-state index contributed by atoms with van der Waals surface area (Å²) < 4.78 is 14.6. The van der Waals surface area contributed by atoms with Crippen LogP contribution < -0.4 is 0 Å². The van der Waals surface area contributed by atoms with Gasteiger partial charge in [0.2, 0.25) is 0 Å². The van der Waals surface area contributed by atoms with Crippen molar-refractivity contribution < 1.29 is 14.3 Å². The SMILES string of the molecule is O=C(O)c1cc(Cl)c2nnc(-c3cncc(F)c3)n2c1. The van der Waals surface area contributed by atoms with Crippen LogP contribution in [0.4, 0.5) is 4.39 Å². The maximum absolute atomic E-state index is 13.2. The summed E-state index contributed by atoms with van der Waals surface area (Å²) in [6.45, 7) is 0. The molecule has 0 saturated carbocycles. The molecule has 3 heterocycles. The minimum Gasteiger partial charge on any atom is -0.478 e.